The molecule has 0 aliphatic carbocycles. The Bertz CT molecular complexity index is 305. The highest BCUT2D eigenvalue weighted by molar-refractivity contribution is 7.99. The molecule has 0 amide bonds. The van der Waals surface area contributed by atoms with E-state index in [0.717, 1.165) is 37.2 Å². The van der Waals surface area contributed by atoms with Crippen LogP contribution < -0.4 is 5.32 Å². The maximum atomic E-state index is 5.47. The molecule has 0 aromatic carbocycles. The predicted molar refractivity (Wildman–Crippen MR) is 68.2 cm³/mol. The van der Waals surface area contributed by atoms with Crippen molar-refractivity contribution in [1.82, 2.24) is 25.5 Å². The van der Waals surface area contributed by atoms with Crippen molar-refractivity contribution in [3.05, 3.63) is 0 Å². The third kappa shape index (κ3) is 5.99. The van der Waals surface area contributed by atoms with Gasteiger partial charge in [0.25, 0.3) is 0 Å². The van der Waals surface area contributed by atoms with Crippen LogP contribution >= 0.6 is 11.8 Å². The highest BCUT2D eigenvalue weighted by Crippen LogP contribution is 2.12. The maximum absolute atomic E-state index is 5.47. The summed E-state index contributed by atoms with van der Waals surface area (Å²) in [5.41, 5.74) is 0. The lowest BCUT2D eigenvalue weighted by Crippen LogP contribution is -2.20. The summed E-state index contributed by atoms with van der Waals surface area (Å²) in [5, 5.41) is 15.7. The van der Waals surface area contributed by atoms with E-state index in [1.807, 2.05) is 18.5 Å². The molecule has 0 saturated heterocycles. The Labute approximate surface area is 106 Å². The molecule has 0 unspecified atom stereocenters. The minimum absolute atomic E-state index is 0.278. The number of nitrogens with zero attached hydrogens (tertiary/aromatic N) is 4. The number of aromatic nitrogens is 4. The molecule has 7 heteroatoms. The van der Waals surface area contributed by atoms with Crippen molar-refractivity contribution in [2.45, 2.75) is 38.6 Å². The molecule has 0 aliphatic rings. The second kappa shape index (κ2) is 8.43. The van der Waals surface area contributed by atoms with Crippen molar-refractivity contribution in [3.63, 3.8) is 0 Å². The molecule has 0 aliphatic heterocycles. The predicted octanol–water partition coefficient (Wildman–Crippen LogP) is 0.800. The summed E-state index contributed by atoms with van der Waals surface area (Å²) in [6.07, 6.45) is 0.278. The first-order valence-corrected chi connectivity index (χ1v) is 6.94. The highest BCUT2D eigenvalue weighted by atomic mass is 32.2. The quantitative estimate of drug-likeness (QED) is 0.523. The van der Waals surface area contributed by atoms with Gasteiger partial charge in [-0.05, 0) is 30.8 Å². The van der Waals surface area contributed by atoms with Gasteiger partial charge >= 0.3 is 0 Å². The third-order valence-electron chi connectivity index (χ3n) is 2.02. The van der Waals surface area contributed by atoms with Crippen LogP contribution in [0.3, 0.4) is 0 Å². The molecule has 0 radical (unpaired) electrons. The van der Waals surface area contributed by atoms with Gasteiger partial charge in [0.2, 0.25) is 5.16 Å². The number of nitrogens with one attached hydrogen (secondary N) is 1. The van der Waals surface area contributed by atoms with Crippen LogP contribution in [0, 0.1) is 0 Å². The standard InChI is InChI=1S/C10H21N5OS/c1-4-11-5-6-15-10(12-13-14-15)17-8-7-16-9(2)3/h9,11H,4-8H2,1-3H3. The first-order valence-electron chi connectivity index (χ1n) is 5.95. The first kappa shape index (κ1) is 14.4. The normalized spacial score (nSPS) is 11.3. The zero-order valence-corrected chi connectivity index (χ0v) is 11.5. The van der Waals surface area contributed by atoms with Crippen LogP contribution in [0.4, 0.5) is 0 Å². The van der Waals surface area contributed by atoms with Gasteiger partial charge in [0, 0.05) is 12.3 Å². The van der Waals surface area contributed by atoms with E-state index in [2.05, 4.69) is 27.8 Å². The van der Waals surface area contributed by atoms with Crippen molar-refractivity contribution in [2.24, 2.45) is 0 Å². The molecule has 1 aromatic rings. The Hall–Kier alpha value is -0.660. The lowest BCUT2D eigenvalue weighted by atomic mass is 10.5. The molecule has 1 heterocycles. The fourth-order valence-electron chi connectivity index (χ4n) is 1.22. The van der Waals surface area contributed by atoms with Crippen molar-refractivity contribution in [2.75, 3.05) is 25.4 Å². The topological polar surface area (TPSA) is 64.9 Å². The van der Waals surface area contributed by atoms with E-state index in [-0.39, 0.29) is 6.10 Å². The molecule has 0 bridgehead atoms. The second-order valence-electron chi connectivity index (χ2n) is 3.81. The van der Waals surface area contributed by atoms with Gasteiger partial charge in [-0.2, -0.15) is 0 Å². The van der Waals surface area contributed by atoms with E-state index in [9.17, 15) is 0 Å². The fourth-order valence-corrected chi connectivity index (χ4v) is 1.95. The van der Waals surface area contributed by atoms with Gasteiger partial charge in [0.1, 0.15) is 0 Å². The molecule has 1 rings (SSSR count). The van der Waals surface area contributed by atoms with Gasteiger partial charge < -0.3 is 10.1 Å². The lowest BCUT2D eigenvalue weighted by Gasteiger charge is -2.07. The van der Waals surface area contributed by atoms with Crippen LogP contribution in [-0.2, 0) is 11.3 Å². The summed E-state index contributed by atoms with van der Waals surface area (Å²) in [5.74, 6) is 0.875. The van der Waals surface area contributed by atoms with E-state index in [1.165, 1.54) is 0 Å². The van der Waals surface area contributed by atoms with Gasteiger partial charge in [-0.1, -0.05) is 18.7 Å². The summed E-state index contributed by atoms with van der Waals surface area (Å²) in [6.45, 7) is 9.52. The van der Waals surface area contributed by atoms with Gasteiger partial charge in [-0.25, -0.2) is 4.68 Å². The molecule has 0 spiro atoms. The van der Waals surface area contributed by atoms with E-state index in [4.69, 9.17) is 4.74 Å². The van der Waals surface area contributed by atoms with Crippen molar-refractivity contribution < 1.29 is 4.74 Å². The molecule has 1 N–H and O–H groups in total. The van der Waals surface area contributed by atoms with E-state index in [0.29, 0.717) is 0 Å². The largest absolute Gasteiger partial charge is 0.378 e. The van der Waals surface area contributed by atoms with Crippen LogP contribution in [-0.4, -0.2) is 51.8 Å². The number of hydrogen-bond donors (Lipinski definition) is 1. The summed E-state index contributed by atoms with van der Waals surface area (Å²) >= 11 is 1.63. The molecule has 1 aromatic heterocycles. The van der Waals surface area contributed by atoms with Crippen LogP contribution in [0.2, 0.25) is 0 Å². The molecule has 0 saturated carbocycles. The van der Waals surface area contributed by atoms with Gasteiger partial charge in [0.05, 0.1) is 19.3 Å². The Morgan fingerprint density at radius 2 is 2.29 bits per heavy atom. The van der Waals surface area contributed by atoms with Crippen LogP contribution in [0.25, 0.3) is 0 Å². The van der Waals surface area contributed by atoms with Gasteiger partial charge in [0.15, 0.2) is 0 Å². The zero-order chi connectivity index (χ0) is 12.5. The third-order valence-corrected chi connectivity index (χ3v) is 2.94. The average molecular weight is 259 g/mol. The fraction of sp³-hybridized carbons (Fsp3) is 0.900. The van der Waals surface area contributed by atoms with Crippen LogP contribution in [0.5, 0.6) is 0 Å². The Morgan fingerprint density at radius 3 is 3.00 bits per heavy atom. The zero-order valence-electron chi connectivity index (χ0n) is 10.7. The second-order valence-corrected chi connectivity index (χ2v) is 4.87. The van der Waals surface area contributed by atoms with Gasteiger partial charge in [-0.15, -0.1) is 5.10 Å². The lowest BCUT2D eigenvalue weighted by molar-refractivity contribution is 0.0920. The van der Waals surface area contributed by atoms with Crippen molar-refractivity contribution >= 4 is 11.8 Å². The molecular weight excluding hydrogens is 238 g/mol. The number of thioether (sulfide) groups is 1. The number of likely N-dealkylation sites (N-methyl/N-ethyl adjacent to an activating group) is 1. The number of tetrazole rings is 1. The highest BCUT2D eigenvalue weighted by Gasteiger charge is 2.06. The van der Waals surface area contributed by atoms with E-state index >= 15 is 0 Å². The number of hydrogen-bond acceptors (Lipinski definition) is 6. The molecule has 0 atom stereocenters. The summed E-state index contributed by atoms with van der Waals surface area (Å²) in [6, 6.07) is 0. The number of rotatable bonds is 9. The average Bonchev–Trinajstić information content (AvgIpc) is 2.72. The van der Waals surface area contributed by atoms with Crippen molar-refractivity contribution in [3.8, 4) is 0 Å². The molecule has 0 fully saturated rings. The molecule has 17 heavy (non-hydrogen) atoms. The van der Waals surface area contributed by atoms with Crippen LogP contribution in [0.1, 0.15) is 20.8 Å². The van der Waals surface area contributed by atoms with Crippen molar-refractivity contribution in [1.29, 1.82) is 0 Å². The molecule has 6 nitrogen and oxygen atoms in total. The Balaban J connectivity index is 2.25. The monoisotopic (exact) mass is 259 g/mol. The minimum atomic E-state index is 0.278. The Kier molecular flexibility index (Phi) is 7.14. The Morgan fingerprint density at radius 1 is 1.47 bits per heavy atom. The molecular formula is C10H21N5OS. The first-order chi connectivity index (χ1) is 8.24. The van der Waals surface area contributed by atoms with E-state index in [1.54, 1.807) is 11.8 Å². The van der Waals surface area contributed by atoms with Crippen LogP contribution in [0.15, 0.2) is 5.16 Å². The maximum Gasteiger partial charge on any atom is 0.209 e. The smallest absolute Gasteiger partial charge is 0.209 e. The molecule has 98 valence electrons. The van der Waals surface area contributed by atoms with E-state index < -0.39 is 0 Å². The summed E-state index contributed by atoms with van der Waals surface area (Å²) in [7, 11) is 0. The number of ether oxygens (including phenoxy) is 1. The van der Waals surface area contributed by atoms with Gasteiger partial charge in [-0.3, -0.25) is 0 Å². The summed E-state index contributed by atoms with van der Waals surface area (Å²) in [4.78, 5) is 0. The minimum Gasteiger partial charge on any atom is -0.378 e. The SMILES string of the molecule is CCNCCn1nnnc1SCCOC(C)C. The summed E-state index contributed by atoms with van der Waals surface area (Å²) < 4.78 is 7.29.